The lowest BCUT2D eigenvalue weighted by Gasteiger charge is -2.23. The SMILES string of the molecule is Nc1c[nH]c(C(=O)N(Cc2ccccc2)CC(F)(F)F)c1. The first-order valence-electron chi connectivity index (χ1n) is 6.19. The predicted molar refractivity (Wildman–Crippen MR) is 72.4 cm³/mol. The van der Waals surface area contributed by atoms with Crippen LogP contribution in [0.2, 0.25) is 0 Å². The molecule has 0 aliphatic heterocycles. The number of hydrogen-bond acceptors (Lipinski definition) is 2. The van der Waals surface area contributed by atoms with Crippen molar-refractivity contribution in [1.82, 2.24) is 9.88 Å². The number of benzene rings is 1. The normalized spacial score (nSPS) is 11.4. The lowest BCUT2D eigenvalue weighted by Crippen LogP contribution is -2.38. The highest BCUT2D eigenvalue weighted by Gasteiger charge is 2.33. The standard InChI is InChI=1S/C14H14F3N3O/c15-14(16,17)9-20(8-10-4-2-1-3-5-10)13(21)12-6-11(18)7-19-12/h1-7,19H,8-9,18H2. The molecule has 112 valence electrons. The van der Waals surface area contributed by atoms with E-state index >= 15 is 0 Å². The molecular formula is C14H14F3N3O. The zero-order valence-electron chi connectivity index (χ0n) is 11.0. The number of nitrogens with two attached hydrogens (primary N) is 1. The molecule has 7 heteroatoms. The minimum absolute atomic E-state index is 0.0349. The van der Waals surface area contributed by atoms with Crippen molar-refractivity contribution in [2.75, 3.05) is 12.3 Å². The third-order valence-electron chi connectivity index (χ3n) is 2.81. The number of aromatic nitrogens is 1. The van der Waals surface area contributed by atoms with Crippen LogP contribution in [-0.2, 0) is 6.54 Å². The number of aromatic amines is 1. The minimum atomic E-state index is -4.47. The molecule has 0 saturated carbocycles. The second-order valence-electron chi connectivity index (χ2n) is 4.61. The molecule has 0 spiro atoms. The number of H-pyrrole nitrogens is 1. The Hall–Kier alpha value is -2.44. The van der Waals surface area contributed by atoms with Crippen LogP contribution in [-0.4, -0.2) is 28.5 Å². The van der Waals surface area contributed by atoms with Gasteiger partial charge in [0.05, 0.1) is 0 Å². The van der Waals surface area contributed by atoms with Crippen LogP contribution >= 0.6 is 0 Å². The first-order valence-corrected chi connectivity index (χ1v) is 6.19. The van der Waals surface area contributed by atoms with E-state index in [-0.39, 0.29) is 12.2 Å². The number of alkyl halides is 3. The summed E-state index contributed by atoms with van der Waals surface area (Å²) >= 11 is 0. The highest BCUT2D eigenvalue weighted by atomic mass is 19.4. The summed E-state index contributed by atoms with van der Waals surface area (Å²) in [7, 11) is 0. The monoisotopic (exact) mass is 297 g/mol. The fraction of sp³-hybridized carbons (Fsp3) is 0.214. The fourth-order valence-electron chi connectivity index (χ4n) is 1.92. The van der Waals surface area contributed by atoms with Gasteiger partial charge >= 0.3 is 6.18 Å². The van der Waals surface area contributed by atoms with Gasteiger partial charge in [-0.25, -0.2) is 0 Å². The van der Waals surface area contributed by atoms with E-state index in [4.69, 9.17) is 5.73 Å². The first-order chi connectivity index (χ1) is 9.85. The second-order valence-corrected chi connectivity index (χ2v) is 4.61. The van der Waals surface area contributed by atoms with E-state index in [1.165, 1.54) is 12.3 Å². The van der Waals surface area contributed by atoms with Crippen molar-refractivity contribution in [3.63, 3.8) is 0 Å². The summed E-state index contributed by atoms with van der Waals surface area (Å²) in [5, 5.41) is 0. The number of amides is 1. The minimum Gasteiger partial charge on any atom is -0.397 e. The Balaban J connectivity index is 2.21. The summed E-state index contributed by atoms with van der Waals surface area (Å²) < 4.78 is 38.0. The Labute approximate surface area is 119 Å². The molecule has 2 rings (SSSR count). The van der Waals surface area contributed by atoms with Gasteiger partial charge in [0.15, 0.2) is 0 Å². The van der Waals surface area contributed by atoms with Crippen LogP contribution in [0.5, 0.6) is 0 Å². The number of halogens is 3. The summed E-state index contributed by atoms with van der Waals surface area (Å²) in [5.41, 5.74) is 6.42. The maximum Gasteiger partial charge on any atom is 0.406 e. The average molecular weight is 297 g/mol. The number of nitrogen functional groups attached to an aromatic ring is 1. The number of carbonyl (C=O) groups is 1. The van der Waals surface area contributed by atoms with Gasteiger partial charge in [0.2, 0.25) is 0 Å². The van der Waals surface area contributed by atoms with Crippen molar-refractivity contribution in [2.24, 2.45) is 0 Å². The van der Waals surface area contributed by atoms with Crippen LogP contribution in [0.1, 0.15) is 16.1 Å². The lowest BCUT2D eigenvalue weighted by atomic mass is 10.2. The molecule has 1 heterocycles. The summed E-state index contributed by atoms with van der Waals surface area (Å²) in [6.07, 6.45) is -3.11. The fourth-order valence-corrected chi connectivity index (χ4v) is 1.92. The third-order valence-corrected chi connectivity index (χ3v) is 2.81. The molecular weight excluding hydrogens is 283 g/mol. The lowest BCUT2D eigenvalue weighted by molar-refractivity contribution is -0.141. The Morgan fingerprint density at radius 1 is 1.24 bits per heavy atom. The van der Waals surface area contributed by atoms with Gasteiger partial charge in [-0.05, 0) is 11.6 Å². The van der Waals surface area contributed by atoms with Crippen LogP contribution in [0.25, 0.3) is 0 Å². The molecule has 1 amide bonds. The van der Waals surface area contributed by atoms with Crippen molar-refractivity contribution < 1.29 is 18.0 Å². The second kappa shape index (κ2) is 5.90. The Kier molecular flexibility index (Phi) is 4.21. The first kappa shape index (κ1) is 15.0. The maximum absolute atomic E-state index is 12.7. The number of nitrogens with zero attached hydrogens (tertiary/aromatic N) is 1. The summed E-state index contributed by atoms with van der Waals surface area (Å²) in [4.78, 5) is 15.5. The van der Waals surface area contributed by atoms with Crippen molar-refractivity contribution in [1.29, 1.82) is 0 Å². The van der Waals surface area contributed by atoms with E-state index in [0.29, 0.717) is 11.3 Å². The van der Waals surface area contributed by atoms with Crippen LogP contribution in [0, 0.1) is 0 Å². The molecule has 0 bridgehead atoms. The van der Waals surface area contributed by atoms with Crippen LogP contribution in [0.4, 0.5) is 18.9 Å². The average Bonchev–Trinajstić information content (AvgIpc) is 2.83. The number of nitrogens with one attached hydrogen (secondary N) is 1. The Morgan fingerprint density at radius 3 is 2.43 bits per heavy atom. The van der Waals surface area contributed by atoms with Gasteiger partial charge < -0.3 is 15.6 Å². The van der Waals surface area contributed by atoms with Gasteiger partial charge in [-0.2, -0.15) is 13.2 Å². The van der Waals surface area contributed by atoms with Crippen LogP contribution in [0.3, 0.4) is 0 Å². The number of carbonyl (C=O) groups excluding carboxylic acids is 1. The Morgan fingerprint density at radius 2 is 1.90 bits per heavy atom. The zero-order valence-corrected chi connectivity index (χ0v) is 11.0. The smallest absolute Gasteiger partial charge is 0.397 e. The van der Waals surface area contributed by atoms with Crippen molar-refractivity contribution in [3.05, 3.63) is 53.9 Å². The molecule has 0 saturated heterocycles. The maximum atomic E-state index is 12.7. The highest BCUT2D eigenvalue weighted by Crippen LogP contribution is 2.20. The van der Waals surface area contributed by atoms with Crippen molar-refractivity contribution in [3.8, 4) is 0 Å². The number of anilines is 1. The van der Waals surface area contributed by atoms with E-state index in [1.54, 1.807) is 30.3 Å². The van der Waals surface area contributed by atoms with Crippen molar-refractivity contribution >= 4 is 11.6 Å². The van der Waals surface area contributed by atoms with Gasteiger partial charge in [0, 0.05) is 18.4 Å². The summed E-state index contributed by atoms with van der Waals surface area (Å²) in [6.45, 7) is -1.45. The van der Waals surface area contributed by atoms with Gasteiger partial charge in [0.25, 0.3) is 5.91 Å². The van der Waals surface area contributed by atoms with Gasteiger partial charge in [0.1, 0.15) is 12.2 Å². The summed E-state index contributed by atoms with van der Waals surface area (Å²) in [6, 6.07) is 9.82. The molecule has 0 fully saturated rings. The van der Waals surface area contributed by atoms with Crippen molar-refractivity contribution in [2.45, 2.75) is 12.7 Å². The molecule has 0 atom stereocenters. The Bertz CT molecular complexity index is 607. The topological polar surface area (TPSA) is 62.1 Å². The van der Waals surface area contributed by atoms with Gasteiger partial charge in [-0.3, -0.25) is 4.79 Å². The zero-order chi connectivity index (χ0) is 15.5. The largest absolute Gasteiger partial charge is 0.406 e. The quantitative estimate of drug-likeness (QED) is 0.911. The van der Waals surface area contributed by atoms with E-state index in [0.717, 1.165) is 4.90 Å². The molecule has 0 aliphatic carbocycles. The molecule has 0 radical (unpaired) electrons. The van der Waals surface area contributed by atoms with E-state index < -0.39 is 18.6 Å². The predicted octanol–water partition coefficient (Wildman–Crippen LogP) is 2.80. The number of hydrogen-bond donors (Lipinski definition) is 2. The molecule has 4 nitrogen and oxygen atoms in total. The van der Waals surface area contributed by atoms with Crippen LogP contribution < -0.4 is 5.73 Å². The molecule has 3 N–H and O–H groups in total. The van der Waals surface area contributed by atoms with E-state index in [2.05, 4.69) is 4.98 Å². The van der Waals surface area contributed by atoms with Gasteiger partial charge in [-0.1, -0.05) is 30.3 Å². The van der Waals surface area contributed by atoms with E-state index in [9.17, 15) is 18.0 Å². The molecule has 1 aromatic carbocycles. The molecule has 2 aromatic rings. The number of rotatable bonds is 4. The third kappa shape index (κ3) is 4.27. The van der Waals surface area contributed by atoms with Crippen LogP contribution in [0.15, 0.2) is 42.6 Å². The molecule has 1 aromatic heterocycles. The highest BCUT2D eigenvalue weighted by molar-refractivity contribution is 5.93. The molecule has 21 heavy (non-hydrogen) atoms. The van der Waals surface area contributed by atoms with Gasteiger partial charge in [-0.15, -0.1) is 0 Å². The molecule has 0 unspecified atom stereocenters. The molecule has 0 aliphatic rings. The summed E-state index contributed by atoms with van der Waals surface area (Å²) in [5.74, 6) is -0.743. The van der Waals surface area contributed by atoms with E-state index in [1.807, 2.05) is 0 Å².